The summed E-state index contributed by atoms with van der Waals surface area (Å²) in [5.41, 5.74) is 2.75. The fraction of sp³-hybridized carbons (Fsp3) is 0.450. The van der Waals surface area contributed by atoms with Crippen LogP contribution in [-0.2, 0) is 12.0 Å². The minimum atomic E-state index is -1.13. The zero-order chi connectivity index (χ0) is 18.3. The highest BCUT2D eigenvalue weighted by molar-refractivity contribution is 5.79. The summed E-state index contributed by atoms with van der Waals surface area (Å²) < 4.78 is 5.29. The van der Waals surface area contributed by atoms with Crippen LogP contribution in [0.4, 0.5) is 0 Å². The molecule has 0 bridgehead atoms. The molecule has 136 valence electrons. The van der Waals surface area contributed by atoms with Gasteiger partial charge in [0.15, 0.2) is 5.96 Å². The van der Waals surface area contributed by atoms with Gasteiger partial charge in [0.25, 0.3) is 0 Å². The molecule has 1 aromatic carbocycles. The van der Waals surface area contributed by atoms with Crippen LogP contribution >= 0.6 is 0 Å². The number of rotatable bonds is 7. The van der Waals surface area contributed by atoms with Crippen molar-refractivity contribution in [2.75, 3.05) is 19.6 Å². The molecule has 0 spiro atoms. The van der Waals surface area contributed by atoms with Crippen LogP contribution in [0.25, 0.3) is 0 Å². The van der Waals surface area contributed by atoms with Gasteiger partial charge in [-0.1, -0.05) is 29.3 Å². The first-order valence-electron chi connectivity index (χ1n) is 8.76. The summed E-state index contributed by atoms with van der Waals surface area (Å²) in [5.74, 6) is 1.21. The minimum absolute atomic E-state index is 0.222. The summed E-state index contributed by atoms with van der Waals surface area (Å²) in [6.45, 7) is 9.72. The Bertz CT molecular complexity index is 671. The highest BCUT2D eigenvalue weighted by atomic mass is 16.4. The van der Waals surface area contributed by atoms with Crippen molar-refractivity contribution >= 4 is 5.96 Å². The van der Waals surface area contributed by atoms with Crippen LogP contribution in [0.1, 0.15) is 36.3 Å². The van der Waals surface area contributed by atoms with Crippen molar-refractivity contribution in [2.24, 2.45) is 4.99 Å². The van der Waals surface area contributed by atoms with Crippen molar-refractivity contribution < 1.29 is 9.52 Å². The highest BCUT2D eigenvalue weighted by Crippen LogP contribution is 2.21. The van der Waals surface area contributed by atoms with Crippen molar-refractivity contribution in [2.45, 2.75) is 39.7 Å². The van der Waals surface area contributed by atoms with Crippen LogP contribution in [0.3, 0.4) is 0 Å². The van der Waals surface area contributed by atoms with Crippen LogP contribution in [0.15, 0.2) is 46.0 Å². The standard InChI is InChI=1S/C20H29N3O2/c1-5-21-19(23-14-20(4,24)18-7-6-10-25-18)22-9-8-17-12-15(2)11-16(3)13-17/h6-7,10-13,24H,5,8-9,14H2,1-4H3,(H2,21,22,23). The van der Waals surface area contributed by atoms with Gasteiger partial charge in [-0.15, -0.1) is 0 Å². The summed E-state index contributed by atoms with van der Waals surface area (Å²) >= 11 is 0. The van der Waals surface area contributed by atoms with E-state index in [4.69, 9.17) is 4.42 Å². The van der Waals surface area contributed by atoms with E-state index in [0.717, 1.165) is 19.5 Å². The topological polar surface area (TPSA) is 69.8 Å². The van der Waals surface area contributed by atoms with E-state index < -0.39 is 5.60 Å². The molecule has 0 aliphatic carbocycles. The van der Waals surface area contributed by atoms with Crippen LogP contribution < -0.4 is 10.6 Å². The van der Waals surface area contributed by atoms with Gasteiger partial charge in [0.05, 0.1) is 12.8 Å². The second-order valence-electron chi connectivity index (χ2n) is 6.62. The molecule has 2 aromatic rings. The van der Waals surface area contributed by atoms with Crippen molar-refractivity contribution in [3.05, 3.63) is 59.0 Å². The number of hydrogen-bond donors (Lipinski definition) is 3. The zero-order valence-electron chi connectivity index (χ0n) is 15.6. The van der Waals surface area contributed by atoms with Gasteiger partial charge in [0.2, 0.25) is 0 Å². The van der Waals surface area contributed by atoms with Crippen LogP contribution in [0.5, 0.6) is 0 Å². The molecule has 0 aliphatic rings. The van der Waals surface area contributed by atoms with Gasteiger partial charge in [-0.05, 0) is 51.8 Å². The van der Waals surface area contributed by atoms with Crippen molar-refractivity contribution in [3.63, 3.8) is 0 Å². The number of guanidine groups is 1. The molecule has 1 unspecified atom stereocenters. The maximum Gasteiger partial charge on any atom is 0.191 e. The lowest BCUT2D eigenvalue weighted by Gasteiger charge is -2.19. The quantitative estimate of drug-likeness (QED) is 0.534. The molecule has 5 heteroatoms. The number of furan rings is 1. The second kappa shape index (κ2) is 8.72. The normalized spacial score (nSPS) is 14.2. The van der Waals surface area contributed by atoms with Gasteiger partial charge in [-0.2, -0.15) is 0 Å². The van der Waals surface area contributed by atoms with E-state index in [0.29, 0.717) is 11.7 Å². The maximum absolute atomic E-state index is 10.5. The second-order valence-corrected chi connectivity index (χ2v) is 6.62. The number of aliphatic imine (C=N–C) groups is 1. The van der Waals surface area contributed by atoms with Crippen molar-refractivity contribution in [3.8, 4) is 0 Å². The fourth-order valence-electron chi connectivity index (χ4n) is 2.78. The Kier molecular flexibility index (Phi) is 6.65. The molecular weight excluding hydrogens is 314 g/mol. The van der Waals surface area contributed by atoms with Crippen molar-refractivity contribution in [1.82, 2.24) is 10.6 Å². The molecular formula is C20H29N3O2. The predicted octanol–water partition coefficient (Wildman–Crippen LogP) is 2.90. The van der Waals surface area contributed by atoms with Crippen LogP contribution in [-0.4, -0.2) is 30.7 Å². The maximum atomic E-state index is 10.5. The molecule has 0 saturated carbocycles. The Labute approximate surface area is 150 Å². The molecule has 2 rings (SSSR count). The third-order valence-electron chi connectivity index (χ3n) is 3.93. The van der Waals surface area contributed by atoms with Crippen LogP contribution in [0.2, 0.25) is 0 Å². The van der Waals surface area contributed by atoms with Gasteiger partial charge in [0.1, 0.15) is 11.4 Å². The Morgan fingerprint density at radius 3 is 2.52 bits per heavy atom. The molecule has 0 saturated heterocycles. The smallest absolute Gasteiger partial charge is 0.191 e. The molecule has 0 fully saturated rings. The number of hydrogen-bond acceptors (Lipinski definition) is 3. The number of benzene rings is 1. The third-order valence-corrected chi connectivity index (χ3v) is 3.93. The average molecular weight is 343 g/mol. The third kappa shape index (κ3) is 5.94. The number of aliphatic hydroxyl groups is 1. The summed E-state index contributed by atoms with van der Waals surface area (Å²) in [5, 5.41) is 17.0. The van der Waals surface area contributed by atoms with Crippen molar-refractivity contribution in [1.29, 1.82) is 0 Å². The molecule has 5 nitrogen and oxygen atoms in total. The number of nitrogens with one attached hydrogen (secondary N) is 2. The summed E-state index contributed by atoms with van der Waals surface area (Å²) in [6, 6.07) is 10.1. The van der Waals surface area contributed by atoms with Crippen LogP contribution in [0, 0.1) is 13.8 Å². The Balaban J connectivity index is 1.93. The van der Waals surface area contributed by atoms with E-state index in [1.165, 1.54) is 16.7 Å². The molecule has 1 atom stereocenters. The van der Waals surface area contributed by atoms with Gasteiger partial charge < -0.3 is 20.2 Å². The SMILES string of the molecule is CCNC(=NCC(C)(O)c1ccco1)NCCc1cc(C)cc(C)c1. The van der Waals surface area contributed by atoms with E-state index in [-0.39, 0.29) is 6.54 Å². The van der Waals surface area contributed by atoms with Gasteiger partial charge in [-0.3, -0.25) is 0 Å². The largest absolute Gasteiger partial charge is 0.466 e. The molecule has 0 amide bonds. The zero-order valence-corrected chi connectivity index (χ0v) is 15.6. The monoisotopic (exact) mass is 343 g/mol. The lowest BCUT2D eigenvalue weighted by molar-refractivity contribution is 0.0437. The number of nitrogens with zero attached hydrogens (tertiary/aromatic N) is 1. The predicted molar refractivity (Wildman–Crippen MR) is 102 cm³/mol. The molecule has 25 heavy (non-hydrogen) atoms. The summed E-state index contributed by atoms with van der Waals surface area (Å²) in [4.78, 5) is 4.49. The van der Waals surface area contributed by atoms with E-state index in [2.05, 4.69) is 47.7 Å². The summed E-state index contributed by atoms with van der Waals surface area (Å²) in [6.07, 6.45) is 2.47. The van der Waals surface area contributed by atoms with E-state index in [1.54, 1.807) is 25.3 Å². The van der Waals surface area contributed by atoms with E-state index in [9.17, 15) is 5.11 Å². The van der Waals surface area contributed by atoms with Gasteiger partial charge >= 0.3 is 0 Å². The Hall–Kier alpha value is -2.27. The van der Waals surface area contributed by atoms with E-state index >= 15 is 0 Å². The van der Waals surface area contributed by atoms with Gasteiger partial charge in [0, 0.05) is 13.1 Å². The number of aryl methyl sites for hydroxylation is 2. The molecule has 0 aliphatic heterocycles. The molecule has 3 N–H and O–H groups in total. The average Bonchev–Trinajstić information content (AvgIpc) is 3.07. The Morgan fingerprint density at radius 1 is 1.20 bits per heavy atom. The lowest BCUT2D eigenvalue weighted by Crippen LogP contribution is -2.39. The molecule has 0 radical (unpaired) electrons. The fourth-order valence-corrected chi connectivity index (χ4v) is 2.78. The first kappa shape index (κ1) is 19.1. The first-order valence-corrected chi connectivity index (χ1v) is 8.76. The lowest BCUT2D eigenvalue weighted by atomic mass is 10.0. The summed E-state index contributed by atoms with van der Waals surface area (Å²) in [7, 11) is 0. The minimum Gasteiger partial charge on any atom is -0.466 e. The molecule has 1 aromatic heterocycles. The first-order chi connectivity index (χ1) is 11.9. The highest BCUT2D eigenvalue weighted by Gasteiger charge is 2.25. The van der Waals surface area contributed by atoms with E-state index in [1.807, 2.05) is 6.92 Å². The van der Waals surface area contributed by atoms with Gasteiger partial charge in [-0.25, -0.2) is 4.99 Å². The molecule has 1 heterocycles. The Morgan fingerprint density at radius 2 is 1.92 bits per heavy atom.